The Morgan fingerprint density at radius 3 is 2.96 bits per heavy atom. The molecule has 2 aliphatic heterocycles. The van der Waals surface area contributed by atoms with Crippen LogP contribution < -0.4 is 10.1 Å². The fourth-order valence-corrected chi connectivity index (χ4v) is 4.20. The number of aromatic hydroxyl groups is 1. The number of hydrogen-bond acceptors (Lipinski definition) is 6. The smallest absolute Gasteiger partial charge is 0.253 e. The summed E-state index contributed by atoms with van der Waals surface area (Å²) in [6, 6.07) is 7.84. The van der Waals surface area contributed by atoms with Gasteiger partial charge in [0.25, 0.3) is 5.91 Å². The summed E-state index contributed by atoms with van der Waals surface area (Å²) in [5, 5.41) is 13.6. The number of benzene rings is 1. The number of ether oxygens (including phenoxy) is 2. The molecule has 4 rings (SSSR count). The molecule has 0 bridgehead atoms. The van der Waals surface area contributed by atoms with Crippen LogP contribution in [0, 0.1) is 6.92 Å². The second kappa shape index (κ2) is 7.26. The second-order valence-corrected chi connectivity index (χ2v) is 7.85. The van der Waals surface area contributed by atoms with E-state index in [1.165, 1.54) is 4.88 Å². The van der Waals surface area contributed by atoms with Crippen molar-refractivity contribution in [2.75, 3.05) is 32.8 Å². The zero-order valence-corrected chi connectivity index (χ0v) is 15.5. The number of carbonyl (C=O) groups excluding carboxylic acids is 1. The lowest BCUT2D eigenvalue weighted by atomic mass is 10.1. The Hall–Kier alpha value is -2.09. The molecule has 0 aliphatic carbocycles. The third-order valence-corrected chi connectivity index (χ3v) is 5.70. The van der Waals surface area contributed by atoms with Crippen LogP contribution in [-0.2, 0) is 16.1 Å². The zero-order valence-electron chi connectivity index (χ0n) is 14.7. The Labute approximate surface area is 156 Å². The number of nitrogens with one attached hydrogen (secondary N) is 1. The number of phenols is 1. The standard InChI is InChI=1S/C19H22N2O4S/c1-12-2-3-17(26-12)13-8-14-11-21(5-7-25-18(14)15(22)9-13)19(23)16-10-20-4-6-24-16/h2-3,8-9,16,20,22H,4-7,10-11H2,1H3/t16-/m0/s1. The lowest BCUT2D eigenvalue weighted by Gasteiger charge is -2.28. The predicted octanol–water partition coefficient (Wildman–Crippen LogP) is 2.14. The van der Waals surface area contributed by atoms with Crippen LogP contribution in [0.4, 0.5) is 0 Å². The molecule has 1 aromatic carbocycles. The van der Waals surface area contributed by atoms with Crippen molar-refractivity contribution in [1.82, 2.24) is 10.2 Å². The molecule has 0 spiro atoms. The van der Waals surface area contributed by atoms with Gasteiger partial charge in [0.05, 0.1) is 13.2 Å². The summed E-state index contributed by atoms with van der Waals surface area (Å²) in [5.74, 6) is 0.555. The number of fused-ring (bicyclic) bond motifs is 1. The Morgan fingerprint density at radius 1 is 1.35 bits per heavy atom. The number of carbonyl (C=O) groups is 1. The van der Waals surface area contributed by atoms with Crippen LogP contribution >= 0.6 is 11.3 Å². The van der Waals surface area contributed by atoms with Crippen molar-refractivity contribution < 1.29 is 19.4 Å². The van der Waals surface area contributed by atoms with Gasteiger partial charge in [-0.2, -0.15) is 0 Å². The Balaban J connectivity index is 1.62. The van der Waals surface area contributed by atoms with Crippen LogP contribution in [0.2, 0.25) is 0 Å². The molecule has 2 N–H and O–H groups in total. The maximum Gasteiger partial charge on any atom is 0.253 e. The maximum atomic E-state index is 12.8. The molecule has 1 atom stereocenters. The lowest BCUT2D eigenvalue weighted by molar-refractivity contribution is -0.146. The van der Waals surface area contributed by atoms with E-state index in [-0.39, 0.29) is 11.7 Å². The molecule has 2 aromatic rings. The van der Waals surface area contributed by atoms with Crippen molar-refractivity contribution in [2.45, 2.75) is 19.6 Å². The Bertz CT molecular complexity index is 814. The van der Waals surface area contributed by atoms with Crippen LogP contribution in [0.1, 0.15) is 10.4 Å². The van der Waals surface area contributed by atoms with Crippen LogP contribution in [0.25, 0.3) is 10.4 Å². The first-order chi connectivity index (χ1) is 12.6. The quantitative estimate of drug-likeness (QED) is 0.843. The maximum absolute atomic E-state index is 12.8. The highest BCUT2D eigenvalue weighted by Crippen LogP contribution is 2.39. The summed E-state index contributed by atoms with van der Waals surface area (Å²) in [5.41, 5.74) is 1.76. The van der Waals surface area contributed by atoms with Gasteiger partial charge in [0.15, 0.2) is 11.5 Å². The molecule has 0 unspecified atom stereocenters. The van der Waals surface area contributed by atoms with Crippen molar-refractivity contribution in [2.24, 2.45) is 0 Å². The summed E-state index contributed by atoms with van der Waals surface area (Å²) in [7, 11) is 0. The number of aryl methyl sites for hydroxylation is 1. The van der Waals surface area contributed by atoms with Crippen molar-refractivity contribution in [3.8, 4) is 21.9 Å². The lowest BCUT2D eigenvalue weighted by Crippen LogP contribution is -2.49. The van der Waals surface area contributed by atoms with Crippen LogP contribution in [0.3, 0.4) is 0 Å². The van der Waals surface area contributed by atoms with E-state index < -0.39 is 6.10 Å². The van der Waals surface area contributed by atoms with E-state index in [0.29, 0.717) is 38.6 Å². The molecule has 2 aliphatic rings. The van der Waals surface area contributed by atoms with E-state index >= 15 is 0 Å². The van der Waals surface area contributed by atoms with Crippen molar-refractivity contribution in [3.05, 3.63) is 34.7 Å². The van der Waals surface area contributed by atoms with Crippen LogP contribution in [-0.4, -0.2) is 54.9 Å². The predicted molar refractivity (Wildman–Crippen MR) is 99.7 cm³/mol. The normalized spacial score (nSPS) is 20.2. The monoisotopic (exact) mass is 374 g/mol. The largest absolute Gasteiger partial charge is 0.504 e. The molecule has 138 valence electrons. The number of thiophene rings is 1. The minimum absolute atomic E-state index is 0.0366. The van der Waals surface area contributed by atoms with Crippen LogP contribution in [0.15, 0.2) is 24.3 Å². The minimum atomic E-state index is -0.456. The molecule has 26 heavy (non-hydrogen) atoms. The first-order valence-corrected chi connectivity index (χ1v) is 9.60. The minimum Gasteiger partial charge on any atom is -0.504 e. The van der Waals surface area contributed by atoms with E-state index in [2.05, 4.69) is 18.3 Å². The number of hydrogen-bond donors (Lipinski definition) is 2. The molecule has 1 saturated heterocycles. The Morgan fingerprint density at radius 2 is 2.23 bits per heavy atom. The van der Waals surface area contributed by atoms with E-state index in [1.807, 2.05) is 12.1 Å². The topological polar surface area (TPSA) is 71.0 Å². The van der Waals surface area contributed by atoms with Crippen molar-refractivity contribution >= 4 is 17.2 Å². The molecular formula is C19H22N2O4S. The molecule has 3 heterocycles. The van der Waals surface area contributed by atoms with Crippen molar-refractivity contribution in [3.63, 3.8) is 0 Å². The number of amides is 1. The third-order valence-electron chi connectivity index (χ3n) is 4.65. The number of rotatable bonds is 2. The van der Waals surface area contributed by atoms with E-state index in [1.54, 1.807) is 22.3 Å². The molecule has 7 heteroatoms. The molecule has 1 fully saturated rings. The highest BCUT2D eigenvalue weighted by atomic mass is 32.1. The summed E-state index contributed by atoms with van der Waals surface area (Å²) in [6.07, 6.45) is -0.456. The van der Waals surface area contributed by atoms with E-state index in [9.17, 15) is 9.90 Å². The van der Waals surface area contributed by atoms with Gasteiger partial charge < -0.3 is 24.8 Å². The summed E-state index contributed by atoms with van der Waals surface area (Å²) in [4.78, 5) is 16.9. The number of morpholine rings is 1. The summed E-state index contributed by atoms with van der Waals surface area (Å²) in [6.45, 7) is 5.12. The molecule has 1 amide bonds. The van der Waals surface area contributed by atoms with Gasteiger partial charge in [0, 0.05) is 35.0 Å². The average molecular weight is 374 g/mol. The number of nitrogens with zero attached hydrogens (tertiary/aromatic N) is 1. The third kappa shape index (κ3) is 3.42. The fraction of sp³-hybridized carbons (Fsp3) is 0.421. The van der Waals surface area contributed by atoms with E-state index in [0.717, 1.165) is 22.5 Å². The SMILES string of the molecule is Cc1ccc(-c2cc(O)c3c(c2)CN(C(=O)[C@@H]2CNCCO2)CCO3)s1. The van der Waals surface area contributed by atoms with Gasteiger partial charge in [-0.15, -0.1) is 11.3 Å². The van der Waals surface area contributed by atoms with Gasteiger partial charge in [-0.05, 0) is 36.8 Å². The van der Waals surface area contributed by atoms with Gasteiger partial charge in [0.2, 0.25) is 0 Å². The molecule has 1 aromatic heterocycles. The fourth-order valence-electron chi connectivity index (χ4n) is 3.35. The first-order valence-electron chi connectivity index (χ1n) is 8.78. The first kappa shape index (κ1) is 17.3. The number of phenolic OH excluding ortho intramolecular Hbond substituents is 1. The molecule has 6 nitrogen and oxygen atoms in total. The molecule has 0 radical (unpaired) electrons. The summed E-state index contributed by atoms with van der Waals surface area (Å²) < 4.78 is 11.3. The van der Waals surface area contributed by atoms with Gasteiger partial charge in [-0.3, -0.25) is 4.79 Å². The highest BCUT2D eigenvalue weighted by molar-refractivity contribution is 7.15. The van der Waals surface area contributed by atoms with Gasteiger partial charge in [-0.1, -0.05) is 0 Å². The summed E-state index contributed by atoms with van der Waals surface area (Å²) >= 11 is 1.67. The van der Waals surface area contributed by atoms with Gasteiger partial charge in [0.1, 0.15) is 12.7 Å². The highest BCUT2D eigenvalue weighted by Gasteiger charge is 2.29. The van der Waals surface area contributed by atoms with Crippen LogP contribution in [0.5, 0.6) is 11.5 Å². The Kier molecular flexibility index (Phi) is 4.84. The van der Waals surface area contributed by atoms with Crippen molar-refractivity contribution in [1.29, 1.82) is 0 Å². The molecular weight excluding hydrogens is 352 g/mol. The van der Waals surface area contributed by atoms with E-state index in [4.69, 9.17) is 9.47 Å². The second-order valence-electron chi connectivity index (χ2n) is 6.57. The zero-order chi connectivity index (χ0) is 18.1. The molecule has 0 saturated carbocycles. The van der Waals surface area contributed by atoms with Gasteiger partial charge in [-0.25, -0.2) is 0 Å². The van der Waals surface area contributed by atoms with Gasteiger partial charge >= 0.3 is 0 Å². The average Bonchev–Trinajstić information content (AvgIpc) is 2.97.